The van der Waals surface area contributed by atoms with Crippen LogP contribution in [-0.4, -0.2) is 39.4 Å². The average molecular weight is 329 g/mol. The summed E-state index contributed by atoms with van der Waals surface area (Å²) in [7, 11) is 3.97. The van der Waals surface area contributed by atoms with Crippen LogP contribution in [0.25, 0.3) is 9.78 Å². The molecule has 0 bridgehead atoms. The molecule has 0 N–H and O–H groups in total. The number of anilines is 1. The first kappa shape index (κ1) is 13.1. The summed E-state index contributed by atoms with van der Waals surface area (Å²) in [5.41, 5.74) is 2.74. The Morgan fingerprint density at radius 3 is 2.40 bits per heavy atom. The van der Waals surface area contributed by atoms with E-state index in [1.807, 2.05) is 67.5 Å². The van der Waals surface area contributed by atoms with Gasteiger partial charge in [-0.3, -0.25) is 0 Å². The van der Waals surface area contributed by atoms with Crippen molar-refractivity contribution < 1.29 is 4.79 Å². The second-order valence-corrected chi connectivity index (χ2v) is 6.92. The molecule has 0 saturated carbocycles. The van der Waals surface area contributed by atoms with Crippen molar-refractivity contribution in [3.05, 3.63) is 58.7 Å². The van der Waals surface area contributed by atoms with Crippen LogP contribution in [0.2, 0.25) is 0 Å². The summed E-state index contributed by atoms with van der Waals surface area (Å²) in [5.74, 6) is 0.0477. The molecule has 0 unspecified atom stereocenters. The van der Waals surface area contributed by atoms with Gasteiger partial charge >= 0.3 is 123 Å². The van der Waals surface area contributed by atoms with Crippen molar-refractivity contribution in [1.82, 2.24) is 4.98 Å². The van der Waals surface area contributed by atoms with Crippen molar-refractivity contribution >= 4 is 35.8 Å². The van der Waals surface area contributed by atoms with Gasteiger partial charge in [0.05, 0.1) is 0 Å². The average Bonchev–Trinajstić information content (AvgIpc) is 2.90. The number of nitrogens with zero attached hydrogens (tertiary/aromatic N) is 2. The topological polar surface area (TPSA) is 33.2 Å². The van der Waals surface area contributed by atoms with Crippen molar-refractivity contribution in [3.63, 3.8) is 0 Å². The zero-order valence-electron chi connectivity index (χ0n) is 11.3. The molecule has 1 aromatic heterocycles. The van der Waals surface area contributed by atoms with Crippen LogP contribution in [0.1, 0.15) is 14.9 Å². The number of hydrogen-bond acceptors (Lipinski definition) is 3. The van der Waals surface area contributed by atoms with Gasteiger partial charge in [0.25, 0.3) is 0 Å². The van der Waals surface area contributed by atoms with Gasteiger partial charge in [0.1, 0.15) is 0 Å². The summed E-state index contributed by atoms with van der Waals surface area (Å²) >= 11 is 0.0217. The quantitative estimate of drug-likeness (QED) is 0.547. The molecule has 3 nitrogen and oxygen atoms in total. The van der Waals surface area contributed by atoms with E-state index in [9.17, 15) is 4.79 Å². The Morgan fingerprint density at radius 1 is 1.05 bits per heavy atom. The molecule has 3 aromatic rings. The standard InChI is InChI=1S/C16H14N2OSe/c1-18(2)12-9-7-11(8-10-12)15(19)16-17-13-5-3-4-6-14(13)20-16/h3-10H,1-2H3. The number of carbonyl (C=O) groups excluding carboxylic acids is 1. The Labute approximate surface area is 123 Å². The second-order valence-electron chi connectivity index (χ2n) is 4.76. The fourth-order valence-electron chi connectivity index (χ4n) is 2.00. The Hall–Kier alpha value is -1.90. The Bertz CT molecular complexity index is 727. The van der Waals surface area contributed by atoms with E-state index in [2.05, 4.69) is 4.98 Å². The predicted octanol–water partition coefficient (Wildman–Crippen LogP) is 2.59. The zero-order valence-corrected chi connectivity index (χ0v) is 13.0. The molecule has 20 heavy (non-hydrogen) atoms. The summed E-state index contributed by atoms with van der Waals surface area (Å²) < 4.78 is 1.88. The molecule has 0 amide bonds. The van der Waals surface area contributed by atoms with Gasteiger partial charge in [-0.25, -0.2) is 0 Å². The predicted molar refractivity (Wildman–Crippen MR) is 82.9 cm³/mol. The second kappa shape index (κ2) is 5.23. The van der Waals surface area contributed by atoms with Crippen molar-refractivity contribution in [3.8, 4) is 0 Å². The van der Waals surface area contributed by atoms with Gasteiger partial charge in [-0.05, 0) is 0 Å². The number of ketones is 1. The Morgan fingerprint density at radius 2 is 1.75 bits per heavy atom. The third kappa shape index (κ3) is 2.40. The summed E-state index contributed by atoms with van der Waals surface area (Å²) in [4.78, 5) is 19.0. The van der Waals surface area contributed by atoms with Crippen molar-refractivity contribution in [1.29, 1.82) is 0 Å². The van der Waals surface area contributed by atoms with E-state index in [1.54, 1.807) is 0 Å². The third-order valence-electron chi connectivity index (χ3n) is 3.13. The van der Waals surface area contributed by atoms with Crippen LogP contribution in [0, 0.1) is 0 Å². The van der Waals surface area contributed by atoms with Crippen molar-refractivity contribution in [2.75, 3.05) is 19.0 Å². The summed E-state index contributed by atoms with van der Waals surface area (Å²) in [5, 5.41) is 0. The van der Waals surface area contributed by atoms with E-state index in [1.165, 1.54) is 4.26 Å². The minimum atomic E-state index is 0.0217. The van der Waals surface area contributed by atoms with Crippen LogP contribution in [0.5, 0.6) is 0 Å². The SMILES string of the molecule is CN(C)c1ccc(C(=O)c2nc3ccccc3[se]2)cc1. The molecule has 0 aliphatic heterocycles. The van der Waals surface area contributed by atoms with E-state index < -0.39 is 0 Å². The number of benzene rings is 2. The molecule has 2 aromatic carbocycles. The molecule has 3 rings (SSSR count). The van der Waals surface area contributed by atoms with E-state index in [4.69, 9.17) is 0 Å². The van der Waals surface area contributed by atoms with Crippen LogP contribution in [0.4, 0.5) is 5.69 Å². The van der Waals surface area contributed by atoms with Gasteiger partial charge in [0, 0.05) is 0 Å². The summed E-state index contributed by atoms with van der Waals surface area (Å²) in [6.45, 7) is 0. The molecule has 0 fully saturated rings. The maximum atomic E-state index is 12.5. The first-order valence-corrected chi connectivity index (χ1v) is 8.04. The van der Waals surface area contributed by atoms with Crippen LogP contribution >= 0.6 is 0 Å². The number of aromatic nitrogens is 1. The van der Waals surface area contributed by atoms with E-state index in [0.717, 1.165) is 11.2 Å². The maximum absolute atomic E-state index is 12.5. The number of hydrogen-bond donors (Lipinski definition) is 0. The van der Waals surface area contributed by atoms with Crippen LogP contribution in [-0.2, 0) is 0 Å². The Kier molecular flexibility index (Phi) is 3.43. The summed E-state index contributed by atoms with van der Waals surface area (Å²) in [6, 6.07) is 15.6. The molecule has 0 aliphatic carbocycles. The Balaban J connectivity index is 1.95. The molecule has 0 atom stereocenters. The molecule has 0 spiro atoms. The molecule has 100 valence electrons. The third-order valence-corrected chi connectivity index (χ3v) is 5.31. The first-order chi connectivity index (χ1) is 9.65. The molecule has 1 heterocycles. The minimum absolute atomic E-state index is 0.0217. The summed E-state index contributed by atoms with van der Waals surface area (Å²) in [6.07, 6.45) is 0. The van der Waals surface area contributed by atoms with E-state index in [-0.39, 0.29) is 20.3 Å². The van der Waals surface area contributed by atoms with Gasteiger partial charge < -0.3 is 0 Å². The van der Waals surface area contributed by atoms with Crippen LogP contribution in [0.3, 0.4) is 0 Å². The number of rotatable bonds is 3. The van der Waals surface area contributed by atoms with Gasteiger partial charge in [0.2, 0.25) is 0 Å². The van der Waals surface area contributed by atoms with Crippen molar-refractivity contribution in [2.45, 2.75) is 0 Å². The molecular formula is C16H14N2OSe. The first-order valence-electron chi connectivity index (χ1n) is 6.33. The van der Waals surface area contributed by atoms with E-state index in [0.29, 0.717) is 10.1 Å². The van der Waals surface area contributed by atoms with Crippen LogP contribution < -0.4 is 4.90 Å². The van der Waals surface area contributed by atoms with Gasteiger partial charge in [-0.2, -0.15) is 0 Å². The molecule has 4 heteroatoms. The van der Waals surface area contributed by atoms with Gasteiger partial charge in [-0.15, -0.1) is 0 Å². The fourth-order valence-corrected chi connectivity index (χ4v) is 3.95. The normalized spacial score (nSPS) is 10.7. The molecular weight excluding hydrogens is 315 g/mol. The molecule has 0 saturated heterocycles. The molecule has 0 aliphatic rings. The van der Waals surface area contributed by atoms with E-state index >= 15 is 0 Å². The van der Waals surface area contributed by atoms with Gasteiger partial charge in [-0.1, -0.05) is 0 Å². The van der Waals surface area contributed by atoms with Crippen molar-refractivity contribution in [2.24, 2.45) is 0 Å². The number of carbonyl (C=O) groups is 1. The number of fused-ring (bicyclic) bond motifs is 1. The number of para-hydroxylation sites is 1. The van der Waals surface area contributed by atoms with Gasteiger partial charge in [0.15, 0.2) is 0 Å². The zero-order chi connectivity index (χ0) is 14.1. The monoisotopic (exact) mass is 330 g/mol. The van der Waals surface area contributed by atoms with Crippen LogP contribution in [0.15, 0.2) is 48.5 Å². The fraction of sp³-hybridized carbons (Fsp3) is 0.125. The molecule has 0 radical (unpaired) electrons.